The molecule has 0 aliphatic rings. The van der Waals surface area contributed by atoms with Crippen LogP contribution in [0.4, 0.5) is 5.00 Å². The monoisotopic (exact) mass is 418 g/mol. The minimum Gasteiger partial charge on any atom is -0.497 e. The Bertz CT molecular complexity index is 874. The van der Waals surface area contributed by atoms with Crippen molar-refractivity contribution in [3.63, 3.8) is 0 Å². The van der Waals surface area contributed by atoms with E-state index < -0.39 is 5.97 Å². The summed E-state index contributed by atoms with van der Waals surface area (Å²) in [5.74, 6) is -0.442. The van der Waals surface area contributed by atoms with E-state index >= 15 is 0 Å². The molecule has 29 heavy (non-hydrogen) atoms. The van der Waals surface area contributed by atoms with Crippen LogP contribution in [0.5, 0.6) is 5.75 Å². The van der Waals surface area contributed by atoms with Crippen molar-refractivity contribution in [2.45, 2.75) is 33.1 Å². The van der Waals surface area contributed by atoms with Gasteiger partial charge in [0.25, 0.3) is 5.91 Å². The van der Waals surface area contributed by atoms with E-state index in [9.17, 15) is 14.4 Å². The number of benzene rings is 1. The van der Waals surface area contributed by atoms with Crippen molar-refractivity contribution in [2.75, 3.05) is 26.1 Å². The molecular formula is C21H26N2O5S. The highest BCUT2D eigenvalue weighted by Crippen LogP contribution is 2.34. The van der Waals surface area contributed by atoms with Crippen LogP contribution in [0.2, 0.25) is 0 Å². The Morgan fingerprint density at radius 2 is 1.79 bits per heavy atom. The van der Waals surface area contributed by atoms with Crippen LogP contribution in [0, 0.1) is 6.92 Å². The molecule has 0 aliphatic heterocycles. The topological polar surface area (TPSA) is 93.7 Å². The average Bonchev–Trinajstić information content (AvgIpc) is 3.03. The molecule has 8 heteroatoms. The van der Waals surface area contributed by atoms with Gasteiger partial charge in [-0.2, -0.15) is 0 Å². The first-order valence-electron chi connectivity index (χ1n) is 9.33. The van der Waals surface area contributed by atoms with E-state index in [0.717, 1.165) is 29.7 Å². The Hall–Kier alpha value is -2.87. The number of nitrogens with one attached hydrogen (secondary N) is 2. The van der Waals surface area contributed by atoms with Gasteiger partial charge in [0.05, 0.1) is 31.1 Å². The second kappa shape index (κ2) is 10.6. The van der Waals surface area contributed by atoms with Crippen LogP contribution in [0.3, 0.4) is 0 Å². The summed E-state index contributed by atoms with van der Waals surface area (Å²) in [5, 5.41) is 5.90. The summed E-state index contributed by atoms with van der Waals surface area (Å²) >= 11 is 1.08. The molecule has 1 aromatic carbocycles. The zero-order valence-corrected chi connectivity index (χ0v) is 17.9. The Kier molecular flexibility index (Phi) is 8.21. The fraction of sp³-hybridized carbons (Fsp3) is 0.381. The number of methoxy groups -OCH3 is 2. The number of amides is 2. The van der Waals surface area contributed by atoms with Crippen LogP contribution in [0.15, 0.2) is 24.3 Å². The summed E-state index contributed by atoms with van der Waals surface area (Å²) in [6.45, 7) is 4.27. The fourth-order valence-electron chi connectivity index (χ4n) is 2.72. The highest BCUT2D eigenvalue weighted by molar-refractivity contribution is 7.18. The first kappa shape index (κ1) is 22.4. The Balaban J connectivity index is 2.20. The van der Waals surface area contributed by atoms with E-state index in [1.165, 1.54) is 7.11 Å². The molecule has 0 saturated heterocycles. The van der Waals surface area contributed by atoms with Gasteiger partial charge in [0.1, 0.15) is 10.8 Å². The van der Waals surface area contributed by atoms with Gasteiger partial charge in [-0.25, -0.2) is 4.79 Å². The van der Waals surface area contributed by atoms with Gasteiger partial charge in [-0.1, -0.05) is 25.5 Å². The summed E-state index contributed by atoms with van der Waals surface area (Å²) in [6, 6.07) is 7.14. The van der Waals surface area contributed by atoms with Gasteiger partial charge in [-0.15, -0.1) is 11.3 Å². The van der Waals surface area contributed by atoms with Gasteiger partial charge in [0.2, 0.25) is 5.91 Å². The van der Waals surface area contributed by atoms with E-state index in [1.807, 2.05) is 6.92 Å². The molecule has 0 bridgehead atoms. The number of ether oxygens (including phenoxy) is 2. The number of rotatable bonds is 9. The lowest BCUT2D eigenvalue weighted by Gasteiger charge is -2.07. The van der Waals surface area contributed by atoms with Crippen molar-refractivity contribution in [3.8, 4) is 5.75 Å². The zero-order chi connectivity index (χ0) is 21.4. The maximum absolute atomic E-state index is 12.5. The fourth-order valence-corrected chi connectivity index (χ4v) is 3.85. The molecular weight excluding hydrogens is 392 g/mol. The first-order chi connectivity index (χ1) is 13.9. The van der Waals surface area contributed by atoms with Crippen molar-refractivity contribution < 1.29 is 23.9 Å². The summed E-state index contributed by atoms with van der Waals surface area (Å²) in [5.41, 5.74) is 1.51. The van der Waals surface area contributed by atoms with Crippen molar-refractivity contribution in [3.05, 3.63) is 45.8 Å². The number of hydrogen-bond donors (Lipinski definition) is 2. The summed E-state index contributed by atoms with van der Waals surface area (Å²) < 4.78 is 9.96. The lowest BCUT2D eigenvalue weighted by atomic mass is 10.1. The number of esters is 1. The number of thiophene rings is 1. The highest BCUT2D eigenvalue weighted by atomic mass is 32.1. The standard InChI is InChI=1S/C21H26N2O5S/c1-5-6-11-22-19(25)18-13(2)17(21(26)28-4)20(29-18)23-16(24)12-14-7-9-15(27-3)10-8-14/h7-10H,5-6,11-12H2,1-4H3,(H,22,25)(H,23,24). The number of carbonyl (C=O) groups is 3. The second-order valence-corrected chi connectivity index (χ2v) is 7.45. The molecule has 0 unspecified atom stereocenters. The van der Waals surface area contributed by atoms with Gasteiger partial charge in [0, 0.05) is 6.54 Å². The maximum Gasteiger partial charge on any atom is 0.341 e. The third-order valence-electron chi connectivity index (χ3n) is 4.34. The molecule has 2 N–H and O–H groups in total. The molecule has 2 amide bonds. The lowest BCUT2D eigenvalue weighted by Crippen LogP contribution is -2.24. The van der Waals surface area contributed by atoms with Gasteiger partial charge in [-0.3, -0.25) is 9.59 Å². The molecule has 0 spiro atoms. The van der Waals surface area contributed by atoms with Crippen LogP contribution < -0.4 is 15.4 Å². The number of unbranched alkanes of at least 4 members (excludes halogenated alkanes) is 1. The molecule has 1 heterocycles. The third kappa shape index (κ3) is 5.80. The Morgan fingerprint density at radius 1 is 1.10 bits per heavy atom. The van der Waals surface area contributed by atoms with Crippen molar-refractivity contribution in [1.82, 2.24) is 5.32 Å². The van der Waals surface area contributed by atoms with E-state index in [-0.39, 0.29) is 23.8 Å². The SMILES string of the molecule is CCCCNC(=O)c1sc(NC(=O)Cc2ccc(OC)cc2)c(C(=O)OC)c1C. The first-order valence-corrected chi connectivity index (χ1v) is 10.2. The van der Waals surface area contributed by atoms with Crippen molar-refractivity contribution in [2.24, 2.45) is 0 Å². The van der Waals surface area contributed by atoms with E-state index in [4.69, 9.17) is 9.47 Å². The predicted molar refractivity (Wildman–Crippen MR) is 113 cm³/mol. The van der Waals surface area contributed by atoms with E-state index in [1.54, 1.807) is 38.3 Å². The maximum atomic E-state index is 12.5. The number of anilines is 1. The molecule has 0 fully saturated rings. The van der Waals surface area contributed by atoms with Crippen LogP contribution in [0.1, 0.15) is 50.9 Å². The smallest absolute Gasteiger partial charge is 0.341 e. The predicted octanol–water partition coefficient (Wildman–Crippen LogP) is 3.56. The van der Waals surface area contributed by atoms with Crippen molar-refractivity contribution in [1.29, 1.82) is 0 Å². The molecule has 2 aromatic rings. The number of hydrogen-bond acceptors (Lipinski definition) is 6. The Morgan fingerprint density at radius 3 is 2.38 bits per heavy atom. The molecule has 7 nitrogen and oxygen atoms in total. The van der Waals surface area contributed by atoms with E-state index in [2.05, 4.69) is 10.6 Å². The summed E-state index contributed by atoms with van der Waals surface area (Å²) in [4.78, 5) is 37.6. The third-order valence-corrected chi connectivity index (χ3v) is 5.54. The molecule has 0 radical (unpaired) electrons. The molecule has 156 valence electrons. The van der Waals surface area contributed by atoms with E-state index in [0.29, 0.717) is 27.7 Å². The van der Waals surface area contributed by atoms with Gasteiger partial charge in [0.15, 0.2) is 0 Å². The van der Waals surface area contributed by atoms with Crippen LogP contribution in [0.25, 0.3) is 0 Å². The minimum atomic E-state index is -0.592. The van der Waals surface area contributed by atoms with Gasteiger partial charge < -0.3 is 20.1 Å². The minimum absolute atomic E-state index is 0.125. The molecule has 2 rings (SSSR count). The lowest BCUT2D eigenvalue weighted by molar-refractivity contribution is -0.115. The Labute approximate surface area is 174 Å². The summed E-state index contributed by atoms with van der Waals surface area (Å²) in [6.07, 6.45) is 1.95. The van der Waals surface area contributed by atoms with Crippen molar-refractivity contribution >= 4 is 34.1 Å². The molecule has 0 saturated carbocycles. The normalized spacial score (nSPS) is 10.3. The highest BCUT2D eigenvalue weighted by Gasteiger charge is 2.26. The molecule has 0 aliphatic carbocycles. The quantitative estimate of drug-likeness (QED) is 0.480. The zero-order valence-electron chi connectivity index (χ0n) is 17.1. The summed E-state index contributed by atoms with van der Waals surface area (Å²) in [7, 11) is 2.84. The molecule has 1 aromatic heterocycles. The van der Waals surface area contributed by atoms with Crippen LogP contribution in [-0.2, 0) is 16.0 Å². The van der Waals surface area contributed by atoms with Crippen LogP contribution in [-0.4, -0.2) is 38.5 Å². The van der Waals surface area contributed by atoms with Gasteiger partial charge >= 0.3 is 5.97 Å². The average molecular weight is 419 g/mol. The van der Waals surface area contributed by atoms with Gasteiger partial charge in [-0.05, 0) is 36.6 Å². The molecule has 0 atom stereocenters. The number of carbonyl (C=O) groups excluding carboxylic acids is 3. The largest absolute Gasteiger partial charge is 0.497 e. The second-order valence-electron chi connectivity index (χ2n) is 6.43. The van der Waals surface area contributed by atoms with Crippen LogP contribution >= 0.6 is 11.3 Å².